The fourth-order valence-electron chi connectivity index (χ4n) is 4.17. The van der Waals surface area contributed by atoms with E-state index in [9.17, 15) is 9.59 Å². The number of rotatable bonds is 8. The van der Waals surface area contributed by atoms with Gasteiger partial charge in [0.2, 0.25) is 5.91 Å². The normalized spacial score (nSPS) is 19.3. The molecule has 0 N–H and O–H groups in total. The molecular formula is C22H27N3O3S2. The van der Waals surface area contributed by atoms with Gasteiger partial charge in [0.05, 0.1) is 23.2 Å². The Labute approximate surface area is 185 Å². The lowest BCUT2D eigenvalue weighted by molar-refractivity contribution is -0.144. The molecule has 0 aromatic carbocycles. The fourth-order valence-corrected chi connectivity index (χ4v) is 5.70. The van der Waals surface area contributed by atoms with Gasteiger partial charge in [-0.3, -0.25) is 9.59 Å². The predicted molar refractivity (Wildman–Crippen MR) is 120 cm³/mol. The van der Waals surface area contributed by atoms with Gasteiger partial charge in [0, 0.05) is 30.9 Å². The monoisotopic (exact) mass is 445 g/mol. The van der Waals surface area contributed by atoms with Gasteiger partial charge < -0.3 is 9.64 Å². The van der Waals surface area contributed by atoms with Crippen molar-refractivity contribution in [2.75, 3.05) is 26.8 Å². The maximum Gasteiger partial charge on any atom is 0.262 e. The molecule has 4 rings (SSSR count). The summed E-state index contributed by atoms with van der Waals surface area (Å²) in [5.41, 5.74) is 0.933. The molecule has 0 saturated heterocycles. The van der Waals surface area contributed by atoms with Crippen molar-refractivity contribution in [3.05, 3.63) is 44.8 Å². The second-order valence-corrected chi connectivity index (χ2v) is 9.66. The Balaban J connectivity index is 1.53. The van der Waals surface area contributed by atoms with Gasteiger partial charge in [0.1, 0.15) is 6.54 Å². The molecule has 0 spiro atoms. The van der Waals surface area contributed by atoms with Crippen LogP contribution in [0.5, 0.6) is 0 Å². The molecule has 1 aliphatic carbocycles. The Morgan fingerprint density at radius 1 is 1.20 bits per heavy atom. The van der Waals surface area contributed by atoms with Crippen LogP contribution in [0.3, 0.4) is 0 Å². The number of carbonyl (C=O) groups is 2. The summed E-state index contributed by atoms with van der Waals surface area (Å²) in [6, 6.07) is 7.98. The summed E-state index contributed by atoms with van der Waals surface area (Å²) in [5, 5.41) is 10.4. The first-order valence-electron chi connectivity index (χ1n) is 10.4. The van der Waals surface area contributed by atoms with Crippen molar-refractivity contribution in [3.8, 4) is 0 Å². The number of hydrogen-bond acceptors (Lipinski definition) is 6. The highest BCUT2D eigenvalue weighted by atomic mass is 32.1. The molecule has 3 heterocycles. The molecule has 8 heteroatoms. The zero-order chi connectivity index (χ0) is 20.9. The van der Waals surface area contributed by atoms with Crippen molar-refractivity contribution in [3.63, 3.8) is 0 Å². The fraction of sp³-hybridized carbons (Fsp3) is 0.500. The van der Waals surface area contributed by atoms with Gasteiger partial charge in [-0.2, -0.15) is 5.10 Å². The van der Waals surface area contributed by atoms with Gasteiger partial charge >= 0.3 is 0 Å². The summed E-state index contributed by atoms with van der Waals surface area (Å²) in [4.78, 5) is 30.3. The summed E-state index contributed by atoms with van der Waals surface area (Å²) in [6.45, 7) is 0.891. The Morgan fingerprint density at radius 2 is 1.97 bits per heavy atom. The summed E-state index contributed by atoms with van der Waals surface area (Å²) >= 11 is 3.27. The predicted octanol–water partition coefficient (Wildman–Crippen LogP) is 4.15. The van der Waals surface area contributed by atoms with Crippen molar-refractivity contribution < 1.29 is 14.3 Å². The number of hydrogen-bond donors (Lipinski definition) is 0. The van der Waals surface area contributed by atoms with Gasteiger partial charge in [0.15, 0.2) is 0 Å². The number of thiophene rings is 2. The summed E-state index contributed by atoms with van der Waals surface area (Å²) in [7, 11) is 1.62. The molecule has 1 aliphatic heterocycles. The smallest absolute Gasteiger partial charge is 0.262 e. The van der Waals surface area contributed by atoms with E-state index >= 15 is 0 Å². The topological polar surface area (TPSA) is 62.2 Å². The first-order chi connectivity index (χ1) is 14.7. The van der Waals surface area contributed by atoms with E-state index in [2.05, 4.69) is 6.07 Å². The molecule has 1 unspecified atom stereocenters. The molecule has 2 aliphatic rings. The van der Waals surface area contributed by atoms with Crippen LogP contribution in [-0.4, -0.2) is 54.2 Å². The molecule has 6 nitrogen and oxygen atoms in total. The third-order valence-corrected chi connectivity index (χ3v) is 7.64. The second kappa shape index (κ2) is 9.85. The van der Waals surface area contributed by atoms with Crippen molar-refractivity contribution >= 4 is 40.2 Å². The van der Waals surface area contributed by atoms with E-state index in [1.807, 2.05) is 29.0 Å². The lowest BCUT2D eigenvalue weighted by Crippen LogP contribution is -2.44. The number of ether oxygens (including phenoxy) is 1. The van der Waals surface area contributed by atoms with Gasteiger partial charge in [-0.25, -0.2) is 5.01 Å². The van der Waals surface area contributed by atoms with E-state index in [0.29, 0.717) is 19.6 Å². The zero-order valence-electron chi connectivity index (χ0n) is 17.2. The largest absolute Gasteiger partial charge is 0.383 e. The molecule has 2 aromatic heterocycles. The minimum absolute atomic E-state index is 0.0338. The van der Waals surface area contributed by atoms with Crippen molar-refractivity contribution in [2.45, 2.75) is 38.1 Å². The minimum atomic E-state index is -0.137. The number of nitrogens with zero attached hydrogens (tertiary/aromatic N) is 3. The number of amides is 2. The highest BCUT2D eigenvalue weighted by molar-refractivity contribution is 7.12. The van der Waals surface area contributed by atoms with Crippen molar-refractivity contribution in [2.24, 2.45) is 11.0 Å². The summed E-state index contributed by atoms with van der Waals surface area (Å²) in [5.74, 6) is -0.0267. The van der Waals surface area contributed by atoms with Gasteiger partial charge in [-0.15, -0.1) is 22.7 Å². The van der Waals surface area contributed by atoms with Crippen LogP contribution in [-0.2, 0) is 14.3 Å². The molecule has 160 valence electrons. The second-order valence-electron chi connectivity index (χ2n) is 7.73. The van der Waals surface area contributed by atoms with E-state index in [1.165, 1.54) is 0 Å². The van der Waals surface area contributed by atoms with Gasteiger partial charge in [-0.1, -0.05) is 25.0 Å². The number of methoxy groups -OCH3 is 1. The van der Waals surface area contributed by atoms with Crippen LogP contribution < -0.4 is 0 Å². The van der Waals surface area contributed by atoms with Crippen LogP contribution in [0.1, 0.15) is 47.9 Å². The SMILES string of the molecule is COCCN(CC(=O)N1N=C(c2cccs2)CC1c1cccs1)C(=O)C1CCCC1. The van der Waals surface area contributed by atoms with E-state index in [-0.39, 0.29) is 30.3 Å². The summed E-state index contributed by atoms with van der Waals surface area (Å²) < 4.78 is 5.19. The van der Waals surface area contributed by atoms with E-state index in [0.717, 1.165) is 41.1 Å². The van der Waals surface area contributed by atoms with E-state index < -0.39 is 0 Å². The van der Waals surface area contributed by atoms with Crippen LogP contribution in [0.25, 0.3) is 0 Å². The molecule has 2 aromatic rings. The molecule has 2 amide bonds. The molecule has 1 saturated carbocycles. The average Bonchev–Trinajstić information content (AvgIpc) is 3.56. The Morgan fingerprint density at radius 3 is 2.63 bits per heavy atom. The Hall–Kier alpha value is -2.03. The summed E-state index contributed by atoms with van der Waals surface area (Å²) in [6.07, 6.45) is 4.70. The minimum Gasteiger partial charge on any atom is -0.383 e. The standard InChI is InChI=1S/C22H27N3O3S2/c1-28-11-10-24(22(27)16-6-2-3-7-16)15-21(26)25-18(20-9-5-13-30-20)14-17(23-25)19-8-4-12-29-19/h4-5,8-9,12-13,16,18H,2-3,6-7,10-11,14-15H2,1H3. The number of hydrazone groups is 1. The van der Waals surface area contributed by atoms with Crippen LogP contribution in [0, 0.1) is 5.92 Å². The molecule has 0 radical (unpaired) electrons. The van der Waals surface area contributed by atoms with Crippen LogP contribution in [0.4, 0.5) is 0 Å². The lowest BCUT2D eigenvalue weighted by atomic mass is 10.1. The lowest BCUT2D eigenvalue weighted by Gasteiger charge is -2.28. The number of carbonyl (C=O) groups excluding carboxylic acids is 2. The first-order valence-corrected chi connectivity index (χ1v) is 12.2. The quantitative estimate of drug-likeness (QED) is 0.613. The van der Waals surface area contributed by atoms with E-state index in [1.54, 1.807) is 39.7 Å². The molecule has 30 heavy (non-hydrogen) atoms. The van der Waals surface area contributed by atoms with Crippen molar-refractivity contribution in [1.82, 2.24) is 9.91 Å². The highest BCUT2D eigenvalue weighted by Crippen LogP contribution is 2.36. The molecular weight excluding hydrogens is 418 g/mol. The maximum atomic E-state index is 13.4. The first kappa shape index (κ1) is 21.2. The molecule has 0 bridgehead atoms. The van der Waals surface area contributed by atoms with E-state index in [4.69, 9.17) is 9.84 Å². The maximum absolute atomic E-state index is 13.4. The third kappa shape index (κ3) is 4.66. The van der Waals surface area contributed by atoms with Crippen LogP contribution in [0.15, 0.2) is 40.1 Å². The van der Waals surface area contributed by atoms with Gasteiger partial charge in [-0.05, 0) is 35.7 Å². The zero-order valence-corrected chi connectivity index (χ0v) is 18.8. The van der Waals surface area contributed by atoms with Crippen LogP contribution in [0.2, 0.25) is 0 Å². The Bertz CT molecular complexity index is 874. The van der Waals surface area contributed by atoms with Gasteiger partial charge in [0.25, 0.3) is 5.91 Å². The Kier molecular flexibility index (Phi) is 6.97. The third-order valence-electron chi connectivity index (χ3n) is 5.75. The highest BCUT2D eigenvalue weighted by Gasteiger charge is 2.36. The molecule has 1 atom stereocenters. The average molecular weight is 446 g/mol. The molecule has 1 fully saturated rings. The van der Waals surface area contributed by atoms with Crippen LogP contribution >= 0.6 is 22.7 Å². The van der Waals surface area contributed by atoms with Crippen molar-refractivity contribution in [1.29, 1.82) is 0 Å².